The van der Waals surface area contributed by atoms with Crippen LogP contribution in [0.2, 0.25) is 0 Å². The fourth-order valence-corrected chi connectivity index (χ4v) is 11.1. The van der Waals surface area contributed by atoms with Crippen molar-refractivity contribution in [3.63, 3.8) is 0 Å². The zero-order valence-electron chi connectivity index (χ0n) is 32.5. The Morgan fingerprint density at radius 3 is 2.34 bits per heavy atom. The number of ether oxygens (including phenoxy) is 5. The Kier molecular flexibility index (Phi) is 10.7. The van der Waals surface area contributed by atoms with Gasteiger partial charge in [-0.1, -0.05) is 50.8 Å². The second-order valence-electron chi connectivity index (χ2n) is 16.0. The zero-order chi connectivity index (χ0) is 42.5. The van der Waals surface area contributed by atoms with Crippen LogP contribution >= 0.6 is 0 Å². The molecule has 2 spiro atoms. The first kappa shape index (κ1) is 41.3. The summed E-state index contributed by atoms with van der Waals surface area (Å²) < 4.78 is 59.2. The van der Waals surface area contributed by atoms with E-state index in [-0.39, 0.29) is 65.6 Å². The van der Waals surface area contributed by atoms with Crippen LogP contribution in [0.4, 0.5) is 0 Å². The highest BCUT2D eigenvalue weighted by molar-refractivity contribution is 7.91. The average molecular weight is 835 g/mol. The van der Waals surface area contributed by atoms with Gasteiger partial charge in [0.2, 0.25) is 0 Å². The quantitative estimate of drug-likeness (QED) is 0.0482. The summed E-state index contributed by atoms with van der Waals surface area (Å²) in [6.07, 6.45) is -0.187. The maximum absolute atomic E-state index is 14.4. The Hall–Kier alpha value is -5.91. The number of Topliss-reactive ketones (excluding diaryl/α,β-unsaturated/α-hetero) is 1. The second-order valence-corrected chi connectivity index (χ2v) is 17.8. The molecule has 1 aromatic heterocycles. The van der Waals surface area contributed by atoms with Crippen molar-refractivity contribution in [3.8, 4) is 5.88 Å². The van der Waals surface area contributed by atoms with Crippen molar-refractivity contribution < 1.29 is 70.4 Å². The molecule has 17 nitrogen and oxygen atoms in total. The number of aldehydes is 1. The van der Waals surface area contributed by atoms with Gasteiger partial charge in [0, 0.05) is 25.2 Å². The molecule has 4 fully saturated rings. The lowest BCUT2D eigenvalue weighted by atomic mass is 9.43. The molecule has 18 heteroatoms. The summed E-state index contributed by atoms with van der Waals surface area (Å²) in [6, 6.07) is 12.7. The van der Waals surface area contributed by atoms with Crippen molar-refractivity contribution in [2.75, 3.05) is 19.8 Å². The van der Waals surface area contributed by atoms with Crippen molar-refractivity contribution in [1.29, 1.82) is 0 Å². The summed E-state index contributed by atoms with van der Waals surface area (Å²) in [5.74, 6) is -7.31. The van der Waals surface area contributed by atoms with Gasteiger partial charge in [0.1, 0.15) is 25.1 Å². The molecule has 3 aromatic rings. The number of carbonyl (C=O) groups is 6. The van der Waals surface area contributed by atoms with E-state index in [4.69, 9.17) is 23.7 Å². The first-order valence-corrected chi connectivity index (χ1v) is 20.5. The molecule has 312 valence electrons. The molecule has 0 amide bonds. The summed E-state index contributed by atoms with van der Waals surface area (Å²) in [5, 5.41) is 14.7. The molecular weight excluding hydrogens is 793 g/mol. The smallest absolute Gasteiger partial charge is 0.414 e. The van der Waals surface area contributed by atoms with E-state index < -0.39 is 96.6 Å². The Labute approximate surface area is 338 Å². The highest BCUT2D eigenvalue weighted by atomic mass is 32.2. The number of hydrogen-bond donors (Lipinski definition) is 0. The number of hydrogen-bond acceptors (Lipinski definition) is 16. The Morgan fingerprint density at radius 2 is 1.66 bits per heavy atom. The van der Waals surface area contributed by atoms with Crippen LogP contribution in [0.25, 0.3) is 0 Å². The molecule has 2 bridgehead atoms. The van der Waals surface area contributed by atoms with Crippen LogP contribution in [0.3, 0.4) is 0 Å². The maximum Gasteiger partial charge on any atom is 0.414 e. The number of ketones is 1. The summed E-state index contributed by atoms with van der Waals surface area (Å²) >= 11 is 0. The first-order chi connectivity index (χ1) is 28.0. The Balaban J connectivity index is 1.09. The second kappa shape index (κ2) is 15.4. The predicted octanol–water partition coefficient (Wildman–Crippen LogP) is 3.55. The minimum atomic E-state index is -4.36. The molecule has 1 aliphatic heterocycles. The minimum absolute atomic E-state index is 0.0103. The summed E-state index contributed by atoms with van der Waals surface area (Å²) in [6.45, 7) is 8.21. The number of fused-ring (bicyclic) bond motifs is 2. The molecular formula is C41H42N2O15S. The van der Waals surface area contributed by atoms with Crippen LogP contribution in [0.15, 0.2) is 81.3 Å². The molecule has 7 atom stereocenters. The largest absolute Gasteiger partial charge is 0.464 e. The number of cyclic esters (lactones) is 1. The van der Waals surface area contributed by atoms with Crippen molar-refractivity contribution in [1.82, 2.24) is 5.16 Å². The first-order valence-electron chi connectivity index (χ1n) is 19.1. The van der Waals surface area contributed by atoms with Crippen molar-refractivity contribution in [2.45, 2.75) is 75.0 Å². The fourth-order valence-electron chi connectivity index (χ4n) is 9.84. The average Bonchev–Trinajstić information content (AvgIpc) is 3.64. The third-order valence-corrected chi connectivity index (χ3v) is 14.1. The molecule has 3 aliphatic carbocycles. The molecule has 1 saturated heterocycles. The van der Waals surface area contributed by atoms with Crippen LogP contribution in [0.5, 0.6) is 5.88 Å². The summed E-state index contributed by atoms with van der Waals surface area (Å²) in [5.41, 5.74) is -4.44. The van der Waals surface area contributed by atoms with Gasteiger partial charge >= 0.3 is 34.8 Å². The van der Waals surface area contributed by atoms with E-state index in [1.165, 1.54) is 55.5 Å². The zero-order valence-corrected chi connectivity index (χ0v) is 33.3. The lowest BCUT2D eigenvalue weighted by molar-refractivity contribution is -0.832. The van der Waals surface area contributed by atoms with E-state index in [9.17, 15) is 42.4 Å². The molecule has 0 N–H and O–H groups in total. The number of nitrogens with zero attached hydrogens (tertiary/aromatic N) is 2. The van der Waals surface area contributed by atoms with Crippen LogP contribution < -0.4 is 9.64 Å². The monoisotopic (exact) mass is 834 g/mol. The number of rotatable bonds is 12. The van der Waals surface area contributed by atoms with E-state index in [1.807, 2.05) is 13.8 Å². The lowest BCUT2D eigenvalue weighted by Gasteiger charge is -2.62. The van der Waals surface area contributed by atoms with Crippen LogP contribution in [-0.2, 0) is 48.0 Å². The Morgan fingerprint density at radius 1 is 0.983 bits per heavy atom. The molecule has 59 heavy (non-hydrogen) atoms. The van der Waals surface area contributed by atoms with Crippen LogP contribution in [0, 0.1) is 39.2 Å². The summed E-state index contributed by atoms with van der Waals surface area (Å²) in [4.78, 5) is 81.1. The van der Waals surface area contributed by atoms with E-state index >= 15 is 0 Å². The highest BCUT2D eigenvalue weighted by Crippen LogP contribution is 2.68. The fraction of sp³-hybridized carbons (Fsp3) is 0.463. The number of aromatic nitrogens is 2. The van der Waals surface area contributed by atoms with Gasteiger partial charge in [0.15, 0.2) is 11.2 Å². The molecule has 2 aromatic carbocycles. The topological polar surface area (TPSA) is 236 Å². The molecule has 7 rings (SSSR count). The van der Waals surface area contributed by atoms with Gasteiger partial charge in [-0.3, -0.25) is 19.0 Å². The molecule has 4 aliphatic rings. The van der Waals surface area contributed by atoms with Gasteiger partial charge in [-0.2, -0.15) is 0 Å². The SMILES string of the molecule is C=C1C(=O)[C@@]23C(=O)OC[C@@]4(C2CC[C@@H]1[C@H]3OC(=O)c1ccccc1C(=O)OCCCOc1no[n+]([O-])c1S(=O)(=O)c1ccccc1)[C@@H](OC(C)=O)CCC(C)(C)[C@H]4C=O. The third kappa shape index (κ3) is 6.57. The third-order valence-electron chi connectivity index (χ3n) is 12.4. The minimum Gasteiger partial charge on any atom is -0.464 e. The number of esters is 4. The number of benzene rings is 2. The van der Waals surface area contributed by atoms with Crippen molar-refractivity contribution in [2.24, 2.45) is 34.0 Å². The maximum atomic E-state index is 14.4. The van der Waals surface area contributed by atoms with E-state index in [2.05, 4.69) is 16.4 Å². The standard InChI is InChI=1S/C41H42N2O15S/c1-23-26-15-16-29-40(30(21-44)39(3,4)18-17-31(40)56-24(2)45)22-55-38(49)41(29,32(23)46)33(26)57-37(48)28-14-9-8-13-27(28)36(47)54-20-10-19-53-34-35(43(50)58-42-34)59(51,52)25-11-6-5-7-12-25/h5-9,11-14,21,26,29-31,33H,1,10,15-20,22H2,2-4H3/t26-,29?,30+,31-,33+,40-,41-/m0/s1. The van der Waals surface area contributed by atoms with Gasteiger partial charge in [-0.15, -0.1) is 0 Å². The molecule has 2 heterocycles. The van der Waals surface area contributed by atoms with E-state index in [0.29, 0.717) is 12.8 Å². The van der Waals surface area contributed by atoms with Crippen molar-refractivity contribution in [3.05, 3.63) is 83.1 Å². The van der Waals surface area contributed by atoms with Crippen molar-refractivity contribution >= 4 is 45.8 Å². The number of sulfone groups is 1. The summed E-state index contributed by atoms with van der Waals surface area (Å²) in [7, 11) is -4.36. The van der Waals surface area contributed by atoms with E-state index in [0.717, 1.165) is 6.29 Å². The highest BCUT2D eigenvalue weighted by Gasteiger charge is 2.79. The molecule has 1 unspecified atom stereocenters. The van der Waals surface area contributed by atoms with Gasteiger partial charge in [0.25, 0.3) is 9.84 Å². The van der Waals surface area contributed by atoms with Gasteiger partial charge in [-0.25, -0.2) is 18.0 Å². The molecule has 3 saturated carbocycles. The van der Waals surface area contributed by atoms with Gasteiger partial charge in [0.05, 0.1) is 39.8 Å². The van der Waals surface area contributed by atoms with Crippen LogP contribution in [0.1, 0.15) is 73.6 Å². The predicted molar refractivity (Wildman–Crippen MR) is 198 cm³/mol. The molecule has 0 radical (unpaired) electrons. The lowest BCUT2D eigenvalue weighted by Crippen LogP contribution is -2.71. The van der Waals surface area contributed by atoms with Crippen LogP contribution in [-0.4, -0.2) is 81.5 Å². The normalized spacial score (nSPS) is 28.3. The van der Waals surface area contributed by atoms with Gasteiger partial charge in [-0.05, 0) is 71.8 Å². The Bertz CT molecular complexity index is 2340. The number of carbonyl (C=O) groups excluding carboxylic acids is 6. The van der Waals surface area contributed by atoms with Gasteiger partial charge < -0.3 is 33.7 Å². The van der Waals surface area contributed by atoms with E-state index in [1.54, 1.807) is 6.07 Å².